The molecule has 1 nitrogen and oxygen atoms in total. The molecular formula is C9H20FN. The van der Waals surface area contributed by atoms with Gasteiger partial charge in [-0.15, -0.1) is 0 Å². The summed E-state index contributed by atoms with van der Waals surface area (Å²) in [5, 5.41) is 0. The molecule has 1 aliphatic carbocycles. The molecule has 0 aliphatic heterocycles. The third-order valence-corrected chi connectivity index (χ3v) is 2.35. The van der Waals surface area contributed by atoms with Crippen molar-refractivity contribution in [2.75, 3.05) is 20.6 Å². The average Bonchev–Trinajstić information content (AvgIpc) is 1.88. The van der Waals surface area contributed by atoms with Gasteiger partial charge in [0.25, 0.3) is 0 Å². The molecule has 0 heterocycles. The summed E-state index contributed by atoms with van der Waals surface area (Å²) in [6.07, 6.45) is 7.36. The molecule has 0 unspecified atom stereocenters. The molecule has 0 bridgehead atoms. The Morgan fingerprint density at radius 1 is 1.09 bits per heavy atom. The lowest BCUT2D eigenvalue weighted by Gasteiger charge is -2.24. The predicted octanol–water partition coefficient (Wildman–Crippen LogP) is 2.28. The highest BCUT2D eigenvalue weighted by Crippen LogP contribution is 2.23. The van der Waals surface area contributed by atoms with E-state index in [1.54, 1.807) is 0 Å². The van der Waals surface area contributed by atoms with Gasteiger partial charge in [0.05, 0.1) is 0 Å². The number of rotatable bonds is 2. The lowest BCUT2D eigenvalue weighted by molar-refractivity contribution is 0.264. The maximum absolute atomic E-state index is 2.32. The largest absolute Gasteiger partial charge is 0.309 e. The van der Waals surface area contributed by atoms with Gasteiger partial charge >= 0.3 is 0 Å². The summed E-state index contributed by atoms with van der Waals surface area (Å²) in [6, 6.07) is 0. The van der Waals surface area contributed by atoms with Crippen molar-refractivity contribution in [1.82, 2.24) is 4.90 Å². The first-order valence-corrected chi connectivity index (χ1v) is 4.44. The number of nitrogens with zero attached hydrogens (tertiary/aromatic N) is 1. The van der Waals surface area contributed by atoms with Crippen LogP contribution in [-0.2, 0) is 0 Å². The first-order valence-electron chi connectivity index (χ1n) is 4.44. The highest BCUT2D eigenvalue weighted by Gasteiger charge is 2.13. The molecular weight excluding hydrogens is 141 g/mol. The van der Waals surface area contributed by atoms with Gasteiger partial charge in [-0.25, -0.2) is 0 Å². The minimum atomic E-state index is 0. The van der Waals surface area contributed by atoms with E-state index in [4.69, 9.17) is 0 Å². The quantitative estimate of drug-likeness (QED) is 0.600. The van der Waals surface area contributed by atoms with Crippen LogP contribution in [0, 0.1) is 5.92 Å². The van der Waals surface area contributed by atoms with E-state index in [-0.39, 0.29) is 4.70 Å². The Balaban J connectivity index is 0.000001000. The van der Waals surface area contributed by atoms with Crippen molar-refractivity contribution >= 4 is 0 Å². The number of hydrogen-bond acceptors (Lipinski definition) is 1. The maximum atomic E-state index is 2.32. The lowest BCUT2D eigenvalue weighted by Crippen LogP contribution is -2.23. The standard InChI is InChI=1S/C9H19N.FH/c1-10(2)8-9-6-4-3-5-7-9;/h9H,3-8H2,1-2H3;1H. The summed E-state index contributed by atoms with van der Waals surface area (Å²) < 4.78 is 0. The monoisotopic (exact) mass is 161 g/mol. The zero-order valence-electron chi connectivity index (χ0n) is 7.68. The third-order valence-electron chi connectivity index (χ3n) is 2.35. The normalized spacial score (nSPS) is 19.9. The van der Waals surface area contributed by atoms with Crippen LogP contribution in [0.15, 0.2) is 0 Å². The highest BCUT2D eigenvalue weighted by molar-refractivity contribution is 4.67. The third kappa shape index (κ3) is 4.35. The molecule has 0 aromatic carbocycles. The SMILES string of the molecule is CN(C)CC1CCCCC1.F. The van der Waals surface area contributed by atoms with E-state index in [1.165, 1.54) is 38.6 Å². The first kappa shape index (κ1) is 10.9. The van der Waals surface area contributed by atoms with Gasteiger partial charge in [-0.1, -0.05) is 19.3 Å². The molecule has 1 fully saturated rings. The molecule has 1 saturated carbocycles. The summed E-state index contributed by atoms with van der Waals surface area (Å²) >= 11 is 0. The van der Waals surface area contributed by atoms with Crippen LogP contribution in [0.4, 0.5) is 4.70 Å². The summed E-state index contributed by atoms with van der Waals surface area (Å²) in [7, 11) is 4.35. The van der Waals surface area contributed by atoms with E-state index in [2.05, 4.69) is 19.0 Å². The summed E-state index contributed by atoms with van der Waals surface area (Å²) in [4.78, 5) is 2.32. The van der Waals surface area contributed by atoms with Gasteiger partial charge < -0.3 is 4.90 Å². The van der Waals surface area contributed by atoms with E-state index in [9.17, 15) is 0 Å². The topological polar surface area (TPSA) is 3.24 Å². The molecule has 11 heavy (non-hydrogen) atoms. The van der Waals surface area contributed by atoms with Gasteiger partial charge in [0.2, 0.25) is 0 Å². The molecule has 2 heteroatoms. The van der Waals surface area contributed by atoms with E-state index < -0.39 is 0 Å². The van der Waals surface area contributed by atoms with E-state index in [0.717, 1.165) is 5.92 Å². The Morgan fingerprint density at radius 3 is 2.09 bits per heavy atom. The first-order chi connectivity index (χ1) is 4.79. The molecule has 0 aromatic heterocycles. The second-order valence-corrected chi connectivity index (χ2v) is 3.77. The Bertz CT molecular complexity index is 87.6. The molecule has 0 aromatic rings. The molecule has 0 spiro atoms. The zero-order chi connectivity index (χ0) is 7.40. The average molecular weight is 161 g/mol. The molecule has 1 rings (SSSR count). The van der Waals surface area contributed by atoms with Crippen molar-refractivity contribution in [2.45, 2.75) is 32.1 Å². The fraction of sp³-hybridized carbons (Fsp3) is 1.00. The van der Waals surface area contributed by atoms with Crippen LogP contribution < -0.4 is 0 Å². The van der Waals surface area contributed by atoms with Crippen LogP contribution in [0.2, 0.25) is 0 Å². The van der Waals surface area contributed by atoms with Crippen LogP contribution in [0.1, 0.15) is 32.1 Å². The second-order valence-electron chi connectivity index (χ2n) is 3.77. The molecule has 0 N–H and O–H groups in total. The minimum Gasteiger partial charge on any atom is -0.309 e. The van der Waals surface area contributed by atoms with Gasteiger partial charge in [-0.05, 0) is 32.9 Å². The van der Waals surface area contributed by atoms with Crippen molar-refractivity contribution < 1.29 is 4.70 Å². The number of halogens is 1. The molecule has 0 radical (unpaired) electrons. The van der Waals surface area contributed by atoms with Gasteiger partial charge in [0.15, 0.2) is 0 Å². The van der Waals surface area contributed by atoms with Crippen molar-refractivity contribution in [3.63, 3.8) is 0 Å². The summed E-state index contributed by atoms with van der Waals surface area (Å²) in [5.74, 6) is 1.00. The summed E-state index contributed by atoms with van der Waals surface area (Å²) in [5.41, 5.74) is 0. The van der Waals surface area contributed by atoms with Crippen LogP contribution in [-0.4, -0.2) is 25.5 Å². The molecule has 0 amide bonds. The molecule has 0 saturated heterocycles. The van der Waals surface area contributed by atoms with Gasteiger partial charge in [-0.2, -0.15) is 0 Å². The zero-order valence-corrected chi connectivity index (χ0v) is 7.68. The van der Waals surface area contributed by atoms with E-state index in [0.29, 0.717) is 0 Å². The van der Waals surface area contributed by atoms with Crippen molar-refractivity contribution in [3.8, 4) is 0 Å². The molecule has 68 valence electrons. The van der Waals surface area contributed by atoms with Crippen molar-refractivity contribution in [3.05, 3.63) is 0 Å². The Hall–Kier alpha value is -0.110. The fourth-order valence-electron chi connectivity index (χ4n) is 1.89. The smallest absolute Gasteiger partial charge is 0.000356 e. The van der Waals surface area contributed by atoms with E-state index in [1.807, 2.05) is 0 Å². The lowest BCUT2D eigenvalue weighted by atomic mass is 9.89. The number of hydrogen-bond donors (Lipinski definition) is 0. The predicted molar refractivity (Wildman–Crippen MR) is 47.6 cm³/mol. The van der Waals surface area contributed by atoms with Gasteiger partial charge in [-0.3, -0.25) is 4.70 Å². The van der Waals surface area contributed by atoms with Crippen LogP contribution in [0.25, 0.3) is 0 Å². The molecule has 1 aliphatic rings. The minimum absolute atomic E-state index is 0. The molecule has 0 atom stereocenters. The van der Waals surface area contributed by atoms with Crippen molar-refractivity contribution in [2.24, 2.45) is 5.92 Å². The Kier molecular flexibility index (Phi) is 5.47. The Morgan fingerprint density at radius 2 is 1.64 bits per heavy atom. The van der Waals surface area contributed by atoms with E-state index >= 15 is 0 Å². The Labute approximate surface area is 69.1 Å². The second kappa shape index (κ2) is 5.53. The van der Waals surface area contributed by atoms with Crippen LogP contribution in [0.3, 0.4) is 0 Å². The van der Waals surface area contributed by atoms with Gasteiger partial charge in [0, 0.05) is 6.54 Å². The highest BCUT2D eigenvalue weighted by atomic mass is 19.0. The van der Waals surface area contributed by atoms with Crippen molar-refractivity contribution in [1.29, 1.82) is 0 Å². The van der Waals surface area contributed by atoms with Crippen LogP contribution in [0.5, 0.6) is 0 Å². The summed E-state index contributed by atoms with van der Waals surface area (Å²) in [6.45, 7) is 1.31. The van der Waals surface area contributed by atoms with Gasteiger partial charge in [0.1, 0.15) is 0 Å². The van der Waals surface area contributed by atoms with Crippen LogP contribution >= 0.6 is 0 Å². The fourth-order valence-corrected chi connectivity index (χ4v) is 1.89. The maximum Gasteiger partial charge on any atom is 0.000356 e.